The van der Waals surface area contributed by atoms with Crippen molar-refractivity contribution >= 4 is 23.6 Å². The first-order valence-electron chi connectivity index (χ1n) is 10.8. The molecule has 1 aliphatic carbocycles. The second-order valence-electron chi connectivity index (χ2n) is 9.03. The lowest BCUT2D eigenvalue weighted by Crippen LogP contribution is -2.49. The number of nitrogens with zero attached hydrogens (tertiary/aromatic N) is 2. The van der Waals surface area contributed by atoms with Gasteiger partial charge in [-0.3, -0.25) is 9.59 Å². The monoisotopic (exact) mass is 416 g/mol. The molecular weight excluding hydrogens is 384 g/mol. The van der Waals surface area contributed by atoms with Crippen molar-refractivity contribution in [3.63, 3.8) is 0 Å². The number of rotatable bonds is 4. The molecule has 1 unspecified atom stereocenters. The predicted molar refractivity (Wildman–Crippen MR) is 115 cm³/mol. The van der Waals surface area contributed by atoms with Crippen LogP contribution in [-0.2, 0) is 20.7 Å². The van der Waals surface area contributed by atoms with Crippen LogP contribution in [0.4, 0.5) is 0 Å². The van der Waals surface area contributed by atoms with Gasteiger partial charge in [0.05, 0.1) is 18.6 Å². The fourth-order valence-corrected chi connectivity index (χ4v) is 5.47. The normalized spacial score (nSPS) is 28.4. The van der Waals surface area contributed by atoms with Crippen LogP contribution in [0.2, 0.25) is 0 Å². The van der Waals surface area contributed by atoms with Gasteiger partial charge >= 0.3 is 0 Å². The van der Waals surface area contributed by atoms with Crippen molar-refractivity contribution in [3.05, 3.63) is 29.8 Å². The first-order chi connectivity index (χ1) is 13.9. The van der Waals surface area contributed by atoms with E-state index in [0.717, 1.165) is 37.9 Å². The number of likely N-dealkylation sites (tertiary alicyclic amines) is 1. The Bertz CT molecular complexity index is 748. The van der Waals surface area contributed by atoms with Gasteiger partial charge < -0.3 is 14.5 Å². The highest BCUT2D eigenvalue weighted by Gasteiger charge is 2.59. The SMILES string of the molecule is CSc1ccc(CC(=O)N2CCC3(CC2)CC3C(=O)N2C[C@@H](C)O[C@@H](C)C2)cc1. The number of morpholine rings is 1. The molecular formula is C23H32N2O3S. The molecule has 0 bridgehead atoms. The summed E-state index contributed by atoms with van der Waals surface area (Å²) in [5, 5.41) is 0. The quantitative estimate of drug-likeness (QED) is 0.707. The summed E-state index contributed by atoms with van der Waals surface area (Å²) in [6.07, 6.45) is 5.65. The van der Waals surface area contributed by atoms with E-state index in [-0.39, 0.29) is 29.4 Å². The highest BCUT2D eigenvalue weighted by atomic mass is 32.2. The lowest BCUT2D eigenvalue weighted by atomic mass is 9.90. The fraction of sp³-hybridized carbons (Fsp3) is 0.652. The van der Waals surface area contributed by atoms with Crippen LogP contribution in [-0.4, -0.2) is 66.3 Å². The minimum atomic E-state index is 0.113. The van der Waals surface area contributed by atoms with Crippen molar-refractivity contribution in [1.29, 1.82) is 0 Å². The van der Waals surface area contributed by atoms with Gasteiger partial charge in [0.1, 0.15) is 0 Å². The molecule has 1 aromatic rings. The molecule has 29 heavy (non-hydrogen) atoms. The third kappa shape index (κ3) is 4.48. The van der Waals surface area contributed by atoms with Crippen LogP contribution in [0.25, 0.3) is 0 Å². The molecule has 0 N–H and O–H groups in total. The number of thioether (sulfide) groups is 1. The van der Waals surface area contributed by atoms with Gasteiger partial charge in [-0.25, -0.2) is 0 Å². The Morgan fingerprint density at radius 3 is 2.28 bits per heavy atom. The van der Waals surface area contributed by atoms with E-state index in [1.807, 2.05) is 23.6 Å². The minimum Gasteiger partial charge on any atom is -0.372 e. The summed E-state index contributed by atoms with van der Waals surface area (Å²) in [5.74, 6) is 0.660. The molecule has 1 aromatic carbocycles. The fourth-order valence-electron chi connectivity index (χ4n) is 5.06. The number of benzene rings is 1. The van der Waals surface area contributed by atoms with Crippen molar-refractivity contribution in [1.82, 2.24) is 9.80 Å². The molecule has 6 heteroatoms. The zero-order valence-electron chi connectivity index (χ0n) is 17.7. The van der Waals surface area contributed by atoms with Gasteiger partial charge in [-0.05, 0) is 62.5 Å². The summed E-state index contributed by atoms with van der Waals surface area (Å²) in [5.41, 5.74) is 1.21. The molecule has 3 aliphatic rings. The molecule has 0 radical (unpaired) electrons. The lowest BCUT2D eigenvalue weighted by molar-refractivity contribution is -0.145. The molecule has 2 aliphatic heterocycles. The Labute approximate surface area is 178 Å². The van der Waals surface area contributed by atoms with E-state index < -0.39 is 0 Å². The maximum atomic E-state index is 13.0. The third-order valence-corrected chi connectivity index (χ3v) is 7.59. The third-order valence-electron chi connectivity index (χ3n) is 6.85. The standard InChI is InChI=1S/C23H32N2O3S/c1-16-14-25(15-17(2)28-16)22(27)20-13-23(20)8-10-24(11-9-23)21(26)12-18-4-6-19(29-3)7-5-18/h4-7,16-17,20H,8-15H2,1-3H3/t16-,17+,20?. The molecule has 1 spiro atoms. The number of carbonyl (C=O) groups excluding carboxylic acids is 2. The summed E-state index contributed by atoms with van der Waals surface area (Å²) < 4.78 is 5.77. The molecule has 2 amide bonds. The predicted octanol–water partition coefficient (Wildman–Crippen LogP) is 3.22. The second kappa shape index (κ2) is 8.31. The zero-order valence-corrected chi connectivity index (χ0v) is 18.5. The molecule has 3 atom stereocenters. The Balaban J connectivity index is 1.28. The van der Waals surface area contributed by atoms with Crippen molar-refractivity contribution < 1.29 is 14.3 Å². The van der Waals surface area contributed by atoms with Gasteiger partial charge in [0.25, 0.3) is 0 Å². The average molecular weight is 417 g/mol. The van der Waals surface area contributed by atoms with E-state index in [1.165, 1.54) is 4.90 Å². The largest absolute Gasteiger partial charge is 0.372 e. The number of piperidine rings is 1. The molecule has 4 rings (SSSR count). The molecule has 1 saturated carbocycles. The number of amides is 2. The summed E-state index contributed by atoms with van der Waals surface area (Å²) in [4.78, 5) is 31.0. The van der Waals surface area contributed by atoms with E-state index in [0.29, 0.717) is 25.4 Å². The van der Waals surface area contributed by atoms with E-state index in [4.69, 9.17) is 4.74 Å². The van der Waals surface area contributed by atoms with Crippen LogP contribution >= 0.6 is 11.8 Å². The van der Waals surface area contributed by atoms with Crippen LogP contribution in [0.3, 0.4) is 0 Å². The Morgan fingerprint density at radius 1 is 1.07 bits per heavy atom. The Hall–Kier alpha value is -1.53. The highest BCUT2D eigenvalue weighted by Crippen LogP contribution is 2.60. The number of hydrogen-bond donors (Lipinski definition) is 0. The van der Waals surface area contributed by atoms with Gasteiger partial charge in [-0.2, -0.15) is 0 Å². The molecule has 5 nitrogen and oxygen atoms in total. The Kier molecular flexibility index (Phi) is 5.94. The summed E-state index contributed by atoms with van der Waals surface area (Å²) >= 11 is 1.71. The van der Waals surface area contributed by atoms with E-state index >= 15 is 0 Å². The summed E-state index contributed by atoms with van der Waals surface area (Å²) in [6.45, 7) is 7.04. The average Bonchev–Trinajstić information content (AvgIpc) is 3.40. The van der Waals surface area contributed by atoms with Gasteiger partial charge in [0.15, 0.2) is 0 Å². The maximum Gasteiger partial charge on any atom is 0.226 e. The van der Waals surface area contributed by atoms with Gasteiger partial charge in [-0.1, -0.05) is 12.1 Å². The molecule has 158 valence electrons. The number of ether oxygens (including phenoxy) is 1. The minimum absolute atomic E-state index is 0.113. The van der Waals surface area contributed by atoms with Crippen LogP contribution in [0.5, 0.6) is 0 Å². The van der Waals surface area contributed by atoms with Crippen molar-refractivity contribution in [3.8, 4) is 0 Å². The second-order valence-corrected chi connectivity index (χ2v) is 9.90. The number of hydrogen-bond acceptors (Lipinski definition) is 4. The van der Waals surface area contributed by atoms with Gasteiger partial charge in [0, 0.05) is 37.0 Å². The summed E-state index contributed by atoms with van der Waals surface area (Å²) in [6, 6.07) is 8.25. The van der Waals surface area contributed by atoms with Gasteiger partial charge in [-0.15, -0.1) is 11.8 Å². The van der Waals surface area contributed by atoms with Crippen molar-refractivity contribution in [2.75, 3.05) is 32.4 Å². The topological polar surface area (TPSA) is 49.9 Å². The van der Waals surface area contributed by atoms with Crippen LogP contribution in [0.1, 0.15) is 38.7 Å². The molecule has 2 saturated heterocycles. The van der Waals surface area contributed by atoms with E-state index in [1.54, 1.807) is 11.8 Å². The van der Waals surface area contributed by atoms with Crippen LogP contribution in [0, 0.1) is 11.3 Å². The first kappa shape index (κ1) is 20.7. The van der Waals surface area contributed by atoms with E-state index in [2.05, 4.69) is 30.5 Å². The molecule has 2 heterocycles. The van der Waals surface area contributed by atoms with Crippen molar-refractivity contribution in [2.24, 2.45) is 11.3 Å². The zero-order chi connectivity index (χ0) is 20.6. The first-order valence-corrected chi connectivity index (χ1v) is 12.0. The Morgan fingerprint density at radius 2 is 1.69 bits per heavy atom. The lowest BCUT2D eigenvalue weighted by Gasteiger charge is -2.37. The van der Waals surface area contributed by atoms with E-state index in [9.17, 15) is 9.59 Å². The highest BCUT2D eigenvalue weighted by molar-refractivity contribution is 7.98. The van der Waals surface area contributed by atoms with Crippen LogP contribution < -0.4 is 0 Å². The smallest absolute Gasteiger partial charge is 0.226 e. The molecule has 0 aromatic heterocycles. The molecule has 3 fully saturated rings. The maximum absolute atomic E-state index is 13.0. The summed E-state index contributed by atoms with van der Waals surface area (Å²) in [7, 11) is 0. The number of carbonyl (C=O) groups is 2. The van der Waals surface area contributed by atoms with Crippen LogP contribution in [0.15, 0.2) is 29.2 Å². The van der Waals surface area contributed by atoms with Crippen molar-refractivity contribution in [2.45, 2.75) is 56.6 Å². The van der Waals surface area contributed by atoms with Gasteiger partial charge in [0.2, 0.25) is 11.8 Å².